The summed E-state index contributed by atoms with van der Waals surface area (Å²) in [4.78, 5) is 27.2. The third kappa shape index (κ3) is 3.44. The van der Waals surface area contributed by atoms with Gasteiger partial charge in [-0.2, -0.15) is 0 Å². The normalized spacial score (nSPS) is 11.2. The maximum atomic E-state index is 11.6. The highest BCUT2D eigenvalue weighted by Crippen LogP contribution is 2.25. The molecule has 0 aliphatic heterocycles. The van der Waals surface area contributed by atoms with Crippen LogP contribution in [0.3, 0.4) is 0 Å². The number of hydrogen-bond donors (Lipinski definition) is 1. The molecule has 132 valence electrons. The maximum absolute atomic E-state index is 11.6. The van der Waals surface area contributed by atoms with E-state index in [2.05, 4.69) is 15.2 Å². The second kappa shape index (κ2) is 7.14. The van der Waals surface area contributed by atoms with Crippen LogP contribution in [0.2, 0.25) is 0 Å². The van der Waals surface area contributed by atoms with E-state index in [0.29, 0.717) is 23.5 Å². The van der Waals surface area contributed by atoms with Gasteiger partial charge in [-0.3, -0.25) is 4.40 Å². The number of rotatable bonds is 5. The van der Waals surface area contributed by atoms with Crippen molar-refractivity contribution in [1.29, 1.82) is 0 Å². The van der Waals surface area contributed by atoms with Crippen molar-refractivity contribution in [2.45, 2.75) is 13.8 Å². The number of imidazole rings is 1. The first-order valence-electron chi connectivity index (χ1n) is 7.90. The SMILES string of the molecule is CCOC(=O)c1ccc(N=Nc2c(C(=O)O)nc3ccc(C)cn23)cc1. The lowest BCUT2D eigenvalue weighted by atomic mass is 10.2. The van der Waals surface area contributed by atoms with Gasteiger partial charge in [0.25, 0.3) is 0 Å². The molecule has 0 spiro atoms. The minimum atomic E-state index is -1.18. The van der Waals surface area contributed by atoms with E-state index < -0.39 is 11.9 Å². The average Bonchev–Trinajstić information content (AvgIpc) is 2.98. The molecule has 0 atom stereocenters. The molecule has 26 heavy (non-hydrogen) atoms. The number of azo groups is 1. The highest BCUT2D eigenvalue weighted by molar-refractivity contribution is 5.92. The predicted octanol–water partition coefficient (Wildman–Crippen LogP) is 3.93. The Labute approximate surface area is 148 Å². The van der Waals surface area contributed by atoms with Gasteiger partial charge in [-0.05, 0) is 49.7 Å². The highest BCUT2D eigenvalue weighted by atomic mass is 16.5. The number of esters is 1. The zero-order valence-electron chi connectivity index (χ0n) is 14.2. The number of pyridine rings is 1. The molecule has 0 radical (unpaired) electrons. The molecule has 2 aromatic heterocycles. The van der Waals surface area contributed by atoms with Crippen LogP contribution in [-0.4, -0.2) is 33.0 Å². The number of fused-ring (bicyclic) bond motifs is 1. The van der Waals surface area contributed by atoms with E-state index >= 15 is 0 Å². The van der Waals surface area contributed by atoms with E-state index in [1.54, 1.807) is 47.9 Å². The molecule has 2 heterocycles. The van der Waals surface area contributed by atoms with Crippen molar-refractivity contribution in [3.05, 3.63) is 59.4 Å². The summed E-state index contributed by atoms with van der Waals surface area (Å²) in [5.41, 5.74) is 2.10. The highest BCUT2D eigenvalue weighted by Gasteiger charge is 2.18. The van der Waals surface area contributed by atoms with Crippen LogP contribution in [-0.2, 0) is 4.74 Å². The van der Waals surface area contributed by atoms with Gasteiger partial charge < -0.3 is 9.84 Å². The zero-order valence-corrected chi connectivity index (χ0v) is 14.2. The number of aryl methyl sites for hydroxylation is 1. The number of nitrogens with zero attached hydrogens (tertiary/aromatic N) is 4. The number of ether oxygens (including phenoxy) is 1. The molecule has 3 aromatic rings. The van der Waals surface area contributed by atoms with Gasteiger partial charge in [-0.1, -0.05) is 6.07 Å². The summed E-state index contributed by atoms with van der Waals surface area (Å²) in [5, 5.41) is 17.5. The summed E-state index contributed by atoms with van der Waals surface area (Å²) in [6.07, 6.45) is 1.74. The van der Waals surface area contributed by atoms with Crippen molar-refractivity contribution in [1.82, 2.24) is 9.38 Å². The van der Waals surface area contributed by atoms with Crippen molar-refractivity contribution >= 4 is 29.1 Å². The molecule has 0 saturated carbocycles. The minimum Gasteiger partial charge on any atom is -0.476 e. The van der Waals surface area contributed by atoms with Gasteiger partial charge >= 0.3 is 11.9 Å². The van der Waals surface area contributed by atoms with E-state index in [0.717, 1.165) is 5.56 Å². The summed E-state index contributed by atoms with van der Waals surface area (Å²) < 4.78 is 6.50. The van der Waals surface area contributed by atoms with Crippen LogP contribution >= 0.6 is 0 Å². The molecule has 8 nitrogen and oxygen atoms in total. The number of aromatic nitrogens is 2. The summed E-state index contributed by atoms with van der Waals surface area (Å²) in [6.45, 7) is 3.92. The molecule has 3 rings (SSSR count). The van der Waals surface area contributed by atoms with Crippen LogP contribution in [0.5, 0.6) is 0 Å². The lowest BCUT2D eigenvalue weighted by Gasteiger charge is -2.01. The number of carboxylic acids is 1. The molecule has 0 saturated heterocycles. The van der Waals surface area contributed by atoms with Crippen LogP contribution in [0.1, 0.15) is 33.3 Å². The first-order valence-corrected chi connectivity index (χ1v) is 7.90. The molecule has 0 amide bonds. The fourth-order valence-electron chi connectivity index (χ4n) is 2.36. The Hall–Kier alpha value is -3.55. The summed E-state index contributed by atoms with van der Waals surface area (Å²) >= 11 is 0. The number of benzene rings is 1. The van der Waals surface area contributed by atoms with Gasteiger partial charge in [0.2, 0.25) is 0 Å². The maximum Gasteiger partial charge on any atom is 0.358 e. The van der Waals surface area contributed by atoms with Gasteiger partial charge in [0.15, 0.2) is 11.5 Å². The second-order valence-corrected chi connectivity index (χ2v) is 5.49. The number of carboxylic acid groups (broad SMARTS) is 1. The van der Waals surface area contributed by atoms with E-state index in [-0.39, 0.29) is 11.5 Å². The smallest absolute Gasteiger partial charge is 0.358 e. The van der Waals surface area contributed by atoms with Crippen molar-refractivity contribution in [2.75, 3.05) is 6.61 Å². The zero-order chi connectivity index (χ0) is 18.7. The molecule has 1 N–H and O–H groups in total. The Morgan fingerprint density at radius 2 is 1.88 bits per heavy atom. The Kier molecular flexibility index (Phi) is 4.74. The largest absolute Gasteiger partial charge is 0.476 e. The Morgan fingerprint density at radius 1 is 1.15 bits per heavy atom. The molecular weight excluding hydrogens is 336 g/mol. The van der Waals surface area contributed by atoms with Crippen molar-refractivity contribution in [2.24, 2.45) is 10.2 Å². The summed E-state index contributed by atoms with van der Waals surface area (Å²) in [6, 6.07) is 9.90. The van der Waals surface area contributed by atoms with E-state index in [9.17, 15) is 14.7 Å². The monoisotopic (exact) mass is 352 g/mol. The van der Waals surface area contributed by atoms with Gasteiger partial charge in [0, 0.05) is 6.20 Å². The molecule has 0 unspecified atom stereocenters. The fourth-order valence-corrected chi connectivity index (χ4v) is 2.36. The van der Waals surface area contributed by atoms with Gasteiger partial charge in [-0.25, -0.2) is 14.6 Å². The summed E-state index contributed by atoms with van der Waals surface area (Å²) in [5.74, 6) is -1.47. The van der Waals surface area contributed by atoms with Gasteiger partial charge in [-0.15, -0.1) is 10.2 Å². The molecule has 0 fully saturated rings. The topological polar surface area (TPSA) is 106 Å². The number of carbonyl (C=O) groups excluding carboxylic acids is 1. The van der Waals surface area contributed by atoms with Gasteiger partial charge in [0.1, 0.15) is 5.65 Å². The third-order valence-corrected chi connectivity index (χ3v) is 3.58. The summed E-state index contributed by atoms with van der Waals surface area (Å²) in [7, 11) is 0. The Balaban J connectivity index is 1.95. The Bertz CT molecular complexity index is 1010. The van der Waals surface area contributed by atoms with E-state index in [1.165, 1.54) is 0 Å². The average molecular weight is 352 g/mol. The minimum absolute atomic E-state index is 0.130. The Morgan fingerprint density at radius 3 is 2.54 bits per heavy atom. The molecule has 0 aliphatic rings. The molecule has 8 heteroatoms. The molecular formula is C18H16N4O4. The molecule has 0 bridgehead atoms. The van der Waals surface area contributed by atoms with Crippen LogP contribution in [0.4, 0.5) is 11.5 Å². The lowest BCUT2D eigenvalue weighted by Crippen LogP contribution is -2.03. The van der Waals surface area contributed by atoms with E-state index in [1.807, 2.05) is 13.0 Å². The number of hydrogen-bond acceptors (Lipinski definition) is 6. The molecule has 0 aliphatic carbocycles. The van der Waals surface area contributed by atoms with Crippen LogP contribution in [0, 0.1) is 6.92 Å². The van der Waals surface area contributed by atoms with Crippen molar-refractivity contribution < 1.29 is 19.4 Å². The van der Waals surface area contributed by atoms with Crippen LogP contribution in [0.25, 0.3) is 5.65 Å². The van der Waals surface area contributed by atoms with Crippen LogP contribution < -0.4 is 0 Å². The predicted molar refractivity (Wildman–Crippen MR) is 93.5 cm³/mol. The van der Waals surface area contributed by atoms with Crippen molar-refractivity contribution in [3.8, 4) is 0 Å². The first kappa shape index (κ1) is 17.3. The standard InChI is InChI=1S/C18H16N4O4/c1-3-26-18(25)12-5-7-13(8-6-12)20-21-16-15(17(23)24)19-14-9-4-11(2)10-22(14)16/h4-10H,3H2,1-2H3,(H,23,24). The van der Waals surface area contributed by atoms with Crippen LogP contribution in [0.15, 0.2) is 52.8 Å². The van der Waals surface area contributed by atoms with E-state index in [4.69, 9.17) is 4.74 Å². The fraction of sp³-hybridized carbons (Fsp3) is 0.167. The number of carbonyl (C=O) groups is 2. The third-order valence-electron chi connectivity index (χ3n) is 3.58. The first-order chi connectivity index (χ1) is 12.5. The second-order valence-electron chi connectivity index (χ2n) is 5.49. The van der Waals surface area contributed by atoms with Gasteiger partial charge in [0.05, 0.1) is 17.9 Å². The van der Waals surface area contributed by atoms with Crippen molar-refractivity contribution in [3.63, 3.8) is 0 Å². The number of aromatic carboxylic acids is 1. The lowest BCUT2D eigenvalue weighted by molar-refractivity contribution is 0.0526. The molecule has 1 aromatic carbocycles. The quantitative estimate of drug-likeness (QED) is 0.553.